The first-order chi connectivity index (χ1) is 5.18. The molecule has 4 nitrogen and oxygen atoms in total. The van der Waals surface area contributed by atoms with Gasteiger partial charge in [0.25, 0.3) is 0 Å². The van der Waals surface area contributed by atoms with Crippen LogP contribution in [-0.2, 0) is 10.3 Å². The van der Waals surface area contributed by atoms with E-state index < -0.39 is 10.3 Å². The van der Waals surface area contributed by atoms with Crippen LogP contribution in [0.4, 0.5) is 0 Å². The van der Waals surface area contributed by atoms with Crippen molar-refractivity contribution in [2.24, 2.45) is 0 Å². The van der Waals surface area contributed by atoms with Crippen molar-refractivity contribution >= 4 is 45.2 Å². The van der Waals surface area contributed by atoms with Gasteiger partial charge in [-0.25, -0.2) is 0 Å². The topological polar surface area (TPSA) is 59.9 Å². The Hall–Kier alpha value is -0.230. The van der Waals surface area contributed by atoms with Gasteiger partial charge < -0.3 is 0 Å². The van der Waals surface area contributed by atoms with Crippen LogP contribution in [0.15, 0.2) is 12.4 Å². The average molecular weight is 193 g/mol. The van der Waals surface area contributed by atoms with Gasteiger partial charge in [-0.15, -0.1) is 0 Å². The molecular formula is C6H6N2NaO2S. The second-order valence-corrected chi connectivity index (χ2v) is 2.72. The summed E-state index contributed by atoms with van der Waals surface area (Å²) in [5, 5.41) is 1.01. The molecule has 12 heavy (non-hydrogen) atoms. The Bertz CT molecular complexity index is 363. The molecular weight excluding hydrogens is 187 g/mol. The van der Waals surface area contributed by atoms with E-state index in [-0.39, 0.29) is 29.6 Å². The quantitative estimate of drug-likeness (QED) is 0.443. The van der Waals surface area contributed by atoms with Crippen LogP contribution in [0.25, 0.3) is 0 Å². The van der Waals surface area contributed by atoms with Gasteiger partial charge in [0.2, 0.25) is 10.3 Å². The molecule has 0 aromatic carbocycles. The van der Waals surface area contributed by atoms with Crippen LogP contribution in [0, 0.1) is 6.92 Å². The Balaban J connectivity index is 0.00000121. The third kappa shape index (κ3) is 3.96. The van der Waals surface area contributed by atoms with Crippen molar-refractivity contribution < 1.29 is 8.42 Å². The van der Waals surface area contributed by atoms with Gasteiger partial charge in [-0.3, -0.25) is 9.97 Å². The summed E-state index contributed by atoms with van der Waals surface area (Å²) in [5.74, 6) is 0. The molecule has 0 spiro atoms. The van der Waals surface area contributed by atoms with Gasteiger partial charge in [-0.2, -0.15) is 8.42 Å². The third-order valence-corrected chi connectivity index (χ3v) is 1.45. The molecule has 0 amide bonds. The zero-order chi connectivity index (χ0) is 8.27. The minimum Gasteiger partial charge on any atom is -0.258 e. The SMILES string of the molecule is Cc1cnc(C=S(=O)=O)cn1.[Na]. The van der Waals surface area contributed by atoms with Gasteiger partial charge in [-0.1, -0.05) is 0 Å². The standard InChI is InChI=1S/C6H6N2O2S.Na/c1-5-2-8-6(3-7-5)4-11(9)10;/h2-4H,1H3;. The van der Waals surface area contributed by atoms with E-state index >= 15 is 0 Å². The maximum atomic E-state index is 10.1. The summed E-state index contributed by atoms with van der Waals surface area (Å²) in [7, 11) is -2.20. The van der Waals surface area contributed by atoms with Crippen LogP contribution < -0.4 is 0 Å². The van der Waals surface area contributed by atoms with Crippen LogP contribution in [0.5, 0.6) is 0 Å². The number of hydrogen-bond acceptors (Lipinski definition) is 4. The molecule has 59 valence electrons. The van der Waals surface area contributed by atoms with Crippen LogP contribution in [-0.4, -0.2) is 53.3 Å². The van der Waals surface area contributed by atoms with Crippen molar-refractivity contribution in [2.45, 2.75) is 6.92 Å². The molecule has 0 saturated heterocycles. The van der Waals surface area contributed by atoms with Gasteiger partial charge in [-0.05, 0) is 6.92 Å². The van der Waals surface area contributed by atoms with E-state index in [0.717, 1.165) is 11.1 Å². The molecule has 6 heteroatoms. The summed E-state index contributed by atoms with van der Waals surface area (Å²) in [6, 6.07) is 0. The summed E-state index contributed by atoms with van der Waals surface area (Å²) < 4.78 is 20.3. The number of aromatic nitrogens is 2. The van der Waals surface area contributed by atoms with E-state index in [1.54, 1.807) is 6.92 Å². The predicted molar refractivity (Wildman–Crippen MR) is 46.6 cm³/mol. The maximum Gasteiger partial charge on any atom is 0.216 e. The number of aryl methyl sites for hydroxylation is 1. The van der Waals surface area contributed by atoms with Crippen molar-refractivity contribution in [3.63, 3.8) is 0 Å². The fourth-order valence-electron chi connectivity index (χ4n) is 0.562. The number of nitrogens with zero attached hydrogens (tertiary/aromatic N) is 2. The van der Waals surface area contributed by atoms with Crippen molar-refractivity contribution in [3.8, 4) is 0 Å². The second kappa shape index (κ2) is 5.42. The average Bonchev–Trinajstić information content (AvgIpc) is 1.93. The zero-order valence-electron chi connectivity index (χ0n) is 6.85. The molecule has 0 bridgehead atoms. The van der Waals surface area contributed by atoms with E-state index in [0.29, 0.717) is 5.69 Å². The van der Waals surface area contributed by atoms with Crippen LogP contribution in [0.3, 0.4) is 0 Å². The van der Waals surface area contributed by atoms with E-state index in [1.165, 1.54) is 12.4 Å². The first kappa shape index (κ1) is 11.8. The molecule has 1 heterocycles. The Labute approximate surface area is 93.9 Å². The van der Waals surface area contributed by atoms with E-state index in [2.05, 4.69) is 9.97 Å². The summed E-state index contributed by atoms with van der Waals surface area (Å²) in [6.45, 7) is 1.78. The molecule has 0 unspecified atom stereocenters. The zero-order valence-corrected chi connectivity index (χ0v) is 9.67. The smallest absolute Gasteiger partial charge is 0.216 e. The van der Waals surface area contributed by atoms with Gasteiger partial charge in [0.15, 0.2) is 0 Å². The molecule has 0 aliphatic carbocycles. The Morgan fingerprint density at radius 3 is 2.42 bits per heavy atom. The number of hydrogen-bond donors (Lipinski definition) is 0. The fourth-order valence-corrected chi connectivity index (χ4v) is 0.881. The number of rotatable bonds is 1. The maximum absolute atomic E-state index is 10.1. The summed E-state index contributed by atoms with van der Waals surface area (Å²) >= 11 is 0. The van der Waals surface area contributed by atoms with E-state index in [4.69, 9.17) is 0 Å². The molecule has 1 aromatic rings. The van der Waals surface area contributed by atoms with E-state index in [9.17, 15) is 8.42 Å². The van der Waals surface area contributed by atoms with Gasteiger partial charge in [0.05, 0.1) is 23.0 Å². The first-order valence-corrected chi connectivity index (χ1v) is 4.04. The van der Waals surface area contributed by atoms with Crippen molar-refractivity contribution in [2.75, 3.05) is 0 Å². The van der Waals surface area contributed by atoms with Crippen molar-refractivity contribution in [3.05, 3.63) is 23.8 Å². The van der Waals surface area contributed by atoms with Gasteiger partial charge >= 0.3 is 0 Å². The molecule has 1 aromatic heterocycles. The monoisotopic (exact) mass is 193 g/mol. The van der Waals surface area contributed by atoms with Crippen LogP contribution in [0.1, 0.15) is 11.4 Å². The van der Waals surface area contributed by atoms with Crippen LogP contribution in [0.2, 0.25) is 0 Å². The van der Waals surface area contributed by atoms with E-state index in [1.807, 2.05) is 0 Å². The molecule has 0 N–H and O–H groups in total. The fraction of sp³-hybridized carbons (Fsp3) is 0.167. The molecule has 0 aliphatic rings. The minimum absolute atomic E-state index is 0. The Morgan fingerprint density at radius 2 is 2.00 bits per heavy atom. The normalized spacial score (nSPS) is 8.42. The summed E-state index contributed by atoms with van der Waals surface area (Å²) in [4.78, 5) is 7.67. The third-order valence-electron chi connectivity index (χ3n) is 1.02. The molecule has 0 saturated carbocycles. The first-order valence-electron chi connectivity index (χ1n) is 2.90. The molecule has 0 aliphatic heterocycles. The second-order valence-electron chi connectivity index (χ2n) is 1.96. The van der Waals surface area contributed by atoms with Crippen molar-refractivity contribution in [1.29, 1.82) is 0 Å². The Kier molecular flexibility index (Phi) is 5.32. The summed E-state index contributed by atoms with van der Waals surface area (Å²) in [5.41, 5.74) is 1.11. The molecule has 1 radical (unpaired) electrons. The Morgan fingerprint density at radius 1 is 1.33 bits per heavy atom. The summed E-state index contributed by atoms with van der Waals surface area (Å²) in [6.07, 6.45) is 2.92. The minimum atomic E-state index is -2.20. The van der Waals surface area contributed by atoms with Crippen molar-refractivity contribution in [1.82, 2.24) is 9.97 Å². The van der Waals surface area contributed by atoms with Gasteiger partial charge in [0, 0.05) is 35.8 Å². The van der Waals surface area contributed by atoms with Crippen LogP contribution >= 0.6 is 0 Å². The molecule has 0 atom stereocenters. The van der Waals surface area contributed by atoms with Gasteiger partial charge in [0.1, 0.15) is 0 Å². The predicted octanol–water partition coefficient (Wildman–Crippen LogP) is -0.566. The largest absolute Gasteiger partial charge is 0.258 e. The molecule has 1 rings (SSSR count). The molecule has 0 fully saturated rings.